The lowest BCUT2D eigenvalue weighted by Crippen LogP contribution is -2.36. The zero-order valence-corrected chi connectivity index (χ0v) is 13.6. The van der Waals surface area contributed by atoms with Gasteiger partial charge >= 0.3 is 6.03 Å². The highest BCUT2D eigenvalue weighted by molar-refractivity contribution is 5.89. The number of nitrogens with two attached hydrogens (primary N) is 1. The Morgan fingerprint density at radius 2 is 2.21 bits per heavy atom. The smallest absolute Gasteiger partial charge is 0.322 e. The zero-order valence-electron chi connectivity index (χ0n) is 13.6. The van der Waals surface area contributed by atoms with Gasteiger partial charge in [0.15, 0.2) is 0 Å². The van der Waals surface area contributed by atoms with Crippen LogP contribution in [0.2, 0.25) is 0 Å². The minimum atomic E-state index is -0.480. The largest absolute Gasteiger partial charge is 0.368 e. The molecule has 3 amide bonds. The highest BCUT2D eigenvalue weighted by Gasteiger charge is 2.26. The number of nitrogens with zero attached hydrogens (tertiary/aromatic N) is 3. The molecule has 3 N–H and O–H groups in total. The van der Waals surface area contributed by atoms with Gasteiger partial charge in [0.1, 0.15) is 6.54 Å². The van der Waals surface area contributed by atoms with Gasteiger partial charge in [-0.15, -0.1) is 0 Å². The fourth-order valence-electron chi connectivity index (χ4n) is 3.16. The first kappa shape index (κ1) is 16.0. The number of primary amides is 1. The molecule has 24 heavy (non-hydrogen) atoms. The van der Waals surface area contributed by atoms with Crippen LogP contribution in [0, 0.1) is 0 Å². The Balaban J connectivity index is 1.69. The molecular weight excluding hydrogens is 306 g/mol. The summed E-state index contributed by atoms with van der Waals surface area (Å²) < 4.78 is 1.40. The van der Waals surface area contributed by atoms with Gasteiger partial charge in [-0.05, 0) is 30.4 Å². The van der Waals surface area contributed by atoms with E-state index in [0.29, 0.717) is 5.69 Å². The van der Waals surface area contributed by atoms with E-state index in [2.05, 4.69) is 22.5 Å². The summed E-state index contributed by atoms with van der Waals surface area (Å²) in [5.41, 5.74) is 8.19. The van der Waals surface area contributed by atoms with E-state index in [1.54, 1.807) is 18.1 Å². The topological polar surface area (TPSA) is 93.2 Å². The summed E-state index contributed by atoms with van der Waals surface area (Å²) in [6, 6.07) is 8.13. The van der Waals surface area contributed by atoms with Crippen LogP contribution in [0.25, 0.3) is 0 Å². The summed E-state index contributed by atoms with van der Waals surface area (Å²) in [5, 5.41) is 6.81. The SMILES string of the molecule is CN(C(=O)Nc1cnn(CC(N)=O)c1)[C@@H]1CCCc2ccccc21. The van der Waals surface area contributed by atoms with Crippen LogP contribution in [-0.2, 0) is 17.8 Å². The van der Waals surface area contributed by atoms with Crippen molar-refractivity contribution in [1.29, 1.82) is 0 Å². The number of urea groups is 1. The third-order valence-corrected chi connectivity index (χ3v) is 4.33. The predicted octanol–water partition coefficient (Wildman–Crippen LogP) is 1.91. The van der Waals surface area contributed by atoms with Gasteiger partial charge < -0.3 is 16.0 Å². The Morgan fingerprint density at radius 1 is 1.42 bits per heavy atom. The van der Waals surface area contributed by atoms with Crippen molar-refractivity contribution >= 4 is 17.6 Å². The van der Waals surface area contributed by atoms with Crippen LogP contribution < -0.4 is 11.1 Å². The molecule has 0 spiro atoms. The second kappa shape index (κ2) is 6.74. The van der Waals surface area contributed by atoms with E-state index in [4.69, 9.17) is 5.73 Å². The number of anilines is 1. The van der Waals surface area contributed by atoms with Gasteiger partial charge in [0.2, 0.25) is 5.91 Å². The average molecular weight is 327 g/mol. The van der Waals surface area contributed by atoms with Crippen molar-refractivity contribution in [2.24, 2.45) is 5.73 Å². The third-order valence-electron chi connectivity index (χ3n) is 4.33. The van der Waals surface area contributed by atoms with Crippen molar-refractivity contribution < 1.29 is 9.59 Å². The summed E-state index contributed by atoms with van der Waals surface area (Å²) in [4.78, 5) is 25.2. The van der Waals surface area contributed by atoms with Crippen LogP contribution in [0.3, 0.4) is 0 Å². The van der Waals surface area contributed by atoms with Gasteiger partial charge in [-0.2, -0.15) is 5.10 Å². The maximum Gasteiger partial charge on any atom is 0.322 e. The molecule has 0 radical (unpaired) electrons. The average Bonchev–Trinajstić information content (AvgIpc) is 2.99. The summed E-state index contributed by atoms with van der Waals surface area (Å²) in [6.07, 6.45) is 6.16. The molecule has 1 aliphatic rings. The van der Waals surface area contributed by atoms with Crippen molar-refractivity contribution in [2.45, 2.75) is 31.8 Å². The number of hydrogen-bond donors (Lipinski definition) is 2. The first-order chi connectivity index (χ1) is 11.5. The van der Waals surface area contributed by atoms with E-state index in [1.165, 1.54) is 22.0 Å². The molecule has 1 aromatic carbocycles. The van der Waals surface area contributed by atoms with Crippen molar-refractivity contribution in [3.8, 4) is 0 Å². The predicted molar refractivity (Wildman–Crippen MR) is 90.3 cm³/mol. The van der Waals surface area contributed by atoms with Crippen LogP contribution in [0.5, 0.6) is 0 Å². The molecule has 0 aliphatic heterocycles. The second-order valence-electron chi connectivity index (χ2n) is 6.04. The zero-order chi connectivity index (χ0) is 17.1. The molecule has 2 aromatic rings. The lowest BCUT2D eigenvalue weighted by molar-refractivity contribution is -0.118. The summed E-state index contributed by atoms with van der Waals surface area (Å²) in [6.45, 7) is -0.0122. The maximum absolute atomic E-state index is 12.5. The number of nitrogens with one attached hydrogen (secondary N) is 1. The molecule has 1 aliphatic carbocycles. The van der Waals surface area contributed by atoms with E-state index in [0.717, 1.165) is 19.3 Å². The molecule has 0 unspecified atom stereocenters. The van der Waals surface area contributed by atoms with E-state index < -0.39 is 5.91 Å². The molecule has 3 rings (SSSR count). The highest BCUT2D eigenvalue weighted by Crippen LogP contribution is 2.33. The van der Waals surface area contributed by atoms with E-state index in [9.17, 15) is 9.59 Å². The van der Waals surface area contributed by atoms with Crippen LogP contribution in [0.15, 0.2) is 36.7 Å². The molecule has 7 heteroatoms. The summed E-state index contributed by atoms with van der Waals surface area (Å²) in [5.74, 6) is -0.480. The van der Waals surface area contributed by atoms with E-state index in [1.807, 2.05) is 12.1 Å². The number of benzene rings is 1. The number of aromatic nitrogens is 2. The quantitative estimate of drug-likeness (QED) is 0.898. The molecule has 1 aromatic heterocycles. The van der Waals surface area contributed by atoms with Gasteiger partial charge in [-0.1, -0.05) is 24.3 Å². The number of rotatable bonds is 4. The van der Waals surface area contributed by atoms with Crippen LogP contribution >= 0.6 is 0 Å². The lowest BCUT2D eigenvalue weighted by Gasteiger charge is -2.33. The second-order valence-corrected chi connectivity index (χ2v) is 6.04. The van der Waals surface area contributed by atoms with Crippen molar-refractivity contribution in [2.75, 3.05) is 12.4 Å². The Bertz CT molecular complexity index is 755. The minimum Gasteiger partial charge on any atom is -0.368 e. The molecule has 1 heterocycles. The van der Waals surface area contributed by atoms with Gasteiger partial charge in [-0.25, -0.2) is 4.79 Å². The van der Waals surface area contributed by atoms with Gasteiger partial charge in [-0.3, -0.25) is 9.48 Å². The Labute approximate surface area is 140 Å². The molecule has 0 bridgehead atoms. The van der Waals surface area contributed by atoms with Crippen molar-refractivity contribution in [3.63, 3.8) is 0 Å². The van der Waals surface area contributed by atoms with Gasteiger partial charge in [0.05, 0.1) is 17.9 Å². The monoisotopic (exact) mass is 327 g/mol. The number of carbonyl (C=O) groups excluding carboxylic acids is 2. The molecule has 126 valence electrons. The normalized spacial score (nSPS) is 16.3. The minimum absolute atomic E-state index is 0.0122. The Morgan fingerprint density at radius 3 is 3.00 bits per heavy atom. The van der Waals surface area contributed by atoms with E-state index in [-0.39, 0.29) is 18.6 Å². The molecule has 0 saturated carbocycles. The Hall–Kier alpha value is -2.83. The number of fused-ring (bicyclic) bond motifs is 1. The van der Waals surface area contributed by atoms with Crippen molar-refractivity contribution in [1.82, 2.24) is 14.7 Å². The molecule has 7 nitrogen and oxygen atoms in total. The summed E-state index contributed by atoms with van der Waals surface area (Å²) >= 11 is 0. The number of amides is 3. The summed E-state index contributed by atoms with van der Waals surface area (Å²) in [7, 11) is 1.80. The van der Waals surface area contributed by atoms with Crippen LogP contribution in [-0.4, -0.2) is 33.7 Å². The standard InChI is InChI=1S/C17H21N5O2/c1-21(15-8-4-6-12-5-2-3-7-14(12)15)17(24)20-13-9-19-22(10-13)11-16(18)23/h2-3,5,7,9-10,15H,4,6,8,11H2,1H3,(H2,18,23)(H,20,24)/t15-/m1/s1. The highest BCUT2D eigenvalue weighted by atomic mass is 16.2. The maximum atomic E-state index is 12.5. The molecule has 1 atom stereocenters. The lowest BCUT2D eigenvalue weighted by atomic mass is 9.87. The first-order valence-electron chi connectivity index (χ1n) is 7.97. The van der Waals surface area contributed by atoms with Crippen molar-refractivity contribution in [3.05, 3.63) is 47.8 Å². The van der Waals surface area contributed by atoms with Gasteiger partial charge in [0.25, 0.3) is 0 Å². The fraction of sp³-hybridized carbons (Fsp3) is 0.353. The molecule has 0 saturated heterocycles. The first-order valence-corrected chi connectivity index (χ1v) is 7.97. The van der Waals surface area contributed by atoms with E-state index >= 15 is 0 Å². The van der Waals surface area contributed by atoms with Gasteiger partial charge in [0, 0.05) is 13.2 Å². The number of hydrogen-bond acceptors (Lipinski definition) is 3. The number of aryl methyl sites for hydroxylation is 1. The van der Waals surface area contributed by atoms with Crippen LogP contribution in [0.4, 0.5) is 10.5 Å². The molecular formula is C17H21N5O2. The number of carbonyl (C=O) groups is 2. The van der Waals surface area contributed by atoms with Crippen LogP contribution in [0.1, 0.15) is 30.0 Å². The Kier molecular flexibility index (Phi) is 4.50. The molecule has 0 fully saturated rings. The third kappa shape index (κ3) is 3.40. The fourth-order valence-corrected chi connectivity index (χ4v) is 3.16.